The number of anilines is 2. The molecule has 1 aliphatic rings. The van der Waals surface area contributed by atoms with Gasteiger partial charge in [0.1, 0.15) is 17.3 Å². The van der Waals surface area contributed by atoms with Gasteiger partial charge in [0.15, 0.2) is 5.82 Å². The van der Waals surface area contributed by atoms with Crippen molar-refractivity contribution in [2.45, 2.75) is 19.8 Å². The van der Waals surface area contributed by atoms with Gasteiger partial charge in [-0.05, 0) is 25.8 Å². The molecule has 1 fully saturated rings. The van der Waals surface area contributed by atoms with Gasteiger partial charge in [-0.25, -0.2) is 9.97 Å². The molecule has 0 aliphatic carbocycles. The molecule has 2 aromatic carbocycles. The van der Waals surface area contributed by atoms with Crippen LogP contribution in [0.3, 0.4) is 0 Å². The fraction of sp³-hybridized carbons (Fsp3) is 0.320. The summed E-state index contributed by atoms with van der Waals surface area (Å²) in [5.74, 6) is 2.86. The summed E-state index contributed by atoms with van der Waals surface area (Å²) in [7, 11) is 3.18. The Balaban J connectivity index is 1.38. The maximum absolute atomic E-state index is 12.8. The van der Waals surface area contributed by atoms with E-state index in [-0.39, 0.29) is 11.8 Å². The minimum absolute atomic E-state index is 0.0167. The second-order valence-corrected chi connectivity index (χ2v) is 7.96. The van der Waals surface area contributed by atoms with E-state index in [0.717, 1.165) is 37.3 Å². The highest BCUT2D eigenvalue weighted by Gasteiger charge is 2.26. The number of nitrogens with one attached hydrogen (secondary N) is 1. The van der Waals surface area contributed by atoms with E-state index in [1.807, 2.05) is 18.2 Å². The van der Waals surface area contributed by atoms with Gasteiger partial charge < -0.3 is 19.7 Å². The Hall–Kier alpha value is -3.61. The topological polar surface area (TPSA) is 76.6 Å². The van der Waals surface area contributed by atoms with Crippen LogP contribution in [-0.4, -0.2) is 43.2 Å². The van der Waals surface area contributed by atoms with Crippen molar-refractivity contribution < 1.29 is 14.3 Å². The summed E-state index contributed by atoms with van der Waals surface area (Å²) in [6, 6.07) is 15.5. The number of hydrogen-bond donors (Lipinski definition) is 1. The van der Waals surface area contributed by atoms with Crippen molar-refractivity contribution in [3.63, 3.8) is 0 Å². The van der Waals surface area contributed by atoms with Gasteiger partial charge in [-0.15, -0.1) is 0 Å². The molecule has 2 heterocycles. The average Bonchev–Trinajstić information content (AvgIpc) is 2.84. The van der Waals surface area contributed by atoms with E-state index in [4.69, 9.17) is 14.5 Å². The number of methoxy groups -OCH3 is 2. The molecule has 166 valence electrons. The molecule has 4 rings (SSSR count). The largest absolute Gasteiger partial charge is 0.497 e. The third-order valence-electron chi connectivity index (χ3n) is 5.76. The number of piperidine rings is 1. The van der Waals surface area contributed by atoms with E-state index in [0.29, 0.717) is 23.0 Å². The maximum atomic E-state index is 12.8. The lowest BCUT2D eigenvalue weighted by molar-refractivity contribution is -0.120. The first kappa shape index (κ1) is 21.6. The highest BCUT2D eigenvalue weighted by atomic mass is 16.5. The zero-order valence-electron chi connectivity index (χ0n) is 18.7. The molecule has 1 aromatic heterocycles. The van der Waals surface area contributed by atoms with E-state index in [9.17, 15) is 4.79 Å². The fourth-order valence-corrected chi connectivity index (χ4v) is 3.86. The van der Waals surface area contributed by atoms with Crippen LogP contribution in [0.1, 0.15) is 18.4 Å². The molecular weight excluding hydrogens is 404 g/mol. The molecule has 0 spiro atoms. The number of carbonyl (C=O) groups excluding carboxylic acids is 1. The number of benzene rings is 2. The van der Waals surface area contributed by atoms with E-state index in [1.54, 1.807) is 38.6 Å². The summed E-state index contributed by atoms with van der Waals surface area (Å²) in [4.78, 5) is 24.2. The molecule has 32 heavy (non-hydrogen) atoms. The first-order chi connectivity index (χ1) is 15.6. The third-order valence-corrected chi connectivity index (χ3v) is 5.76. The van der Waals surface area contributed by atoms with Gasteiger partial charge >= 0.3 is 0 Å². The van der Waals surface area contributed by atoms with Crippen LogP contribution in [0.2, 0.25) is 0 Å². The van der Waals surface area contributed by atoms with Gasteiger partial charge in [0.25, 0.3) is 0 Å². The van der Waals surface area contributed by atoms with Gasteiger partial charge in [-0.2, -0.15) is 0 Å². The molecule has 0 bridgehead atoms. The summed E-state index contributed by atoms with van der Waals surface area (Å²) in [6.45, 7) is 3.60. The van der Waals surface area contributed by atoms with Crippen LogP contribution in [0, 0.1) is 12.8 Å². The minimum Gasteiger partial charge on any atom is -0.497 e. The predicted octanol–water partition coefficient (Wildman–Crippen LogP) is 4.32. The standard InChI is InChI=1S/C25H28N4O3/c1-17-4-6-18(7-5-17)24-26-11-8-23(28-24)29-12-9-19(10-13-29)25(30)27-20-14-21(31-2)16-22(15-20)32-3/h4-8,11,14-16,19H,9-10,12-13H2,1-3H3,(H,27,30). The number of aryl methyl sites for hydroxylation is 1. The van der Waals surface area contributed by atoms with Gasteiger partial charge in [0.05, 0.1) is 14.2 Å². The first-order valence-electron chi connectivity index (χ1n) is 10.7. The highest BCUT2D eigenvalue weighted by Crippen LogP contribution is 2.28. The smallest absolute Gasteiger partial charge is 0.227 e. The Labute approximate surface area is 188 Å². The molecule has 1 N–H and O–H groups in total. The van der Waals surface area contributed by atoms with Gasteiger partial charge in [0.2, 0.25) is 5.91 Å². The number of hydrogen-bond acceptors (Lipinski definition) is 6. The number of aromatic nitrogens is 2. The maximum Gasteiger partial charge on any atom is 0.227 e. The van der Waals surface area contributed by atoms with Crippen molar-refractivity contribution in [3.8, 4) is 22.9 Å². The number of carbonyl (C=O) groups is 1. The molecule has 0 unspecified atom stereocenters. The molecular formula is C25H28N4O3. The van der Waals surface area contributed by atoms with Crippen molar-refractivity contribution in [3.05, 3.63) is 60.3 Å². The van der Waals surface area contributed by atoms with Crippen LogP contribution < -0.4 is 19.7 Å². The van der Waals surface area contributed by atoms with Crippen molar-refractivity contribution in [1.82, 2.24) is 9.97 Å². The Kier molecular flexibility index (Phi) is 6.54. The SMILES string of the molecule is COc1cc(NC(=O)C2CCN(c3ccnc(-c4ccc(C)cc4)n3)CC2)cc(OC)c1. The monoisotopic (exact) mass is 432 g/mol. The van der Waals surface area contributed by atoms with Crippen molar-refractivity contribution in [2.24, 2.45) is 5.92 Å². The number of ether oxygens (including phenoxy) is 2. The third kappa shape index (κ3) is 4.99. The summed E-state index contributed by atoms with van der Waals surface area (Å²) in [5, 5.41) is 3.01. The zero-order chi connectivity index (χ0) is 22.5. The Morgan fingerprint density at radius 2 is 1.66 bits per heavy atom. The number of nitrogens with zero attached hydrogens (tertiary/aromatic N) is 3. The van der Waals surface area contributed by atoms with Gasteiger partial charge in [0, 0.05) is 54.7 Å². The summed E-state index contributed by atoms with van der Waals surface area (Å²) < 4.78 is 10.6. The molecule has 0 saturated carbocycles. The van der Waals surface area contributed by atoms with Crippen molar-refractivity contribution in [1.29, 1.82) is 0 Å². The van der Waals surface area contributed by atoms with E-state index < -0.39 is 0 Å². The van der Waals surface area contributed by atoms with E-state index in [1.165, 1.54) is 5.56 Å². The van der Waals surface area contributed by atoms with Crippen LogP contribution in [0.5, 0.6) is 11.5 Å². The molecule has 7 heteroatoms. The number of amides is 1. The summed E-state index contributed by atoms with van der Waals surface area (Å²) in [6.07, 6.45) is 3.32. The van der Waals surface area contributed by atoms with Crippen LogP contribution in [0.25, 0.3) is 11.4 Å². The fourth-order valence-electron chi connectivity index (χ4n) is 3.86. The van der Waals surface area contributed by atoms with Crippen LogP contribution >= 0.6 is 0 Å². The van der Waals surface area contributed by atoms with E-state index >= 15 is 0 Å². The summed E-state index contributed by atoms with van der Waals surface area (Å²) in [5.41, 5.74) is 2.88. The van der Waals surface area contributed by atoms with Crippen molar-refractivity contribution in [2.75, 3.05) is 37.5 Å². The average molecular weight is 433 g/mol. The first-order valence-corrected chi connectivity index (χ1v) is 10.7. The normalized spacial score (nSPS) is 14.2. The van der Waals surface area contributed by atoms with Crippen LogP contribution in [0.4, 0.5) is 11.5 Å². The molecule has 0 radical (unpaired) electrons. The zero-order valence-corrected chi connectivity index (χ0v) is 18.7. The molecule has 0 atom stereocenters. The lowest BCUT2D eigenvalue weighted by Gasteiger charge is -2.32. The lowest BCUT2D eigenvalue weighted by Crippen LogP contribution is -2.38. The summed E-state index contributed by atoms with van der Waals surface area (Å²) >= 11 is 0. The Morgan fingerprint density at radius 1 is 1.00 bits per heavy atom. The van der Waals surface area contributed by atoms with Gasteiger partial charge in [-0.3, -0.25) is 4.79 Å². The lowest BCUT2D eigenvalue weighted by atomic mass is 9.95. The second kappa shape index (κ2) is 9.68. The molecule has 1 amide bonds. The minimum atomic E-state index is -0.0538. The quantitative estimate of drug-likeness (QED) is 0.625. The Bertz CT molecular complexity index is 1050. The van der Waals surface area contributed by atoms with Crippen LogP contribution in [0.15, 0.2) is 54.7 Å². The molecule has 1 aliphatic heterocycles. The Morgan fingerprint density at radius 3 is 2.28 bits per heavy atom. The molecule has 3 aromatic rings. The predicted molar refractivity (Wildman–Crippen MR) is 125 cm³/mol. The second-order valence-electron chi connectivity index (χ2n) is 7.96. The van der Waals surface area contributed by atoms with E-state index in [2.05, 4.69) is 34.3 Å². The van der Waals surface area contributed by atoms with Crippen LogP contribution in [-0.2, 0) is 4.79 Å². The number of rotatable bonds is 6. The van der Waals surface area contributed by atoms with Crippen molar-refractivity contribution >= 4 is 17.4 Å². The molecule has 1 saturated heterocycles. The highest BCUT2D eigenvalue weighted by molar-refractivity contribution is 5.93. The molecule has 7 nitrogen and oxygen atoms in total. The van der Waals surface area contributed by atoms with Gasteiger partial charge in [-0.1, -0.05) is 29.8 Å².